The number of aliphatic hydroxyl groups excluding tert-OH is 1. The summed E-state index contributed by atoms with van der Waals surface area (Å²) in [5.41, 5.74) is 12.7. The second-order valence-electron chi connectivity index (χ2n) is 8.78. The van der Waals surface area contributed by atoms with Gasteiger partial charge in [0, 0.05) is 28.4 Å². The van der Waals surface area contributed by atoms with Gasteiger partial charge in [0.15, 0.2) is 6.10 Å². The van der Waals surface area contributed by atoms with Crippen molar-refractivity contribution in [3.05, 3.63) is 73.8 Å². The number of carbonyl (C=O) groups is 1. The first-order valence-corrected chi connectivity index (χ1v) is 11.6. The van der Waals surface area contributed by atoms with Crippen LogP contribution in [0, 0.1) is 13.8 Å². The van der Waals surface area contributed by atoms with Gasteiger partial charge in [-0.1, -0.05) is 13.8 Å². The van der Waals surface area contributed by atoms with Crippen molar-refractivity contribution < 1.29 is 14.6 Å². The molecule has 2 aliphatic rings. The molecule has 0 saturated carbocycles. The van der Waals surface area contributed by atoms with Crippen molar-refractivity contribution in [2.24, 2.45) is 11.6 Å². The SMILES string of the molecule is C/C(N)=C/N(N)Cc1c2c(nc3cc(C)c(C)cc13)-c1cc3c(c(=O)n1C2)COC(=O)C3O.CC. The third-order valence-corrected chi connectivity index (χ3v) is 6.40. The Morgan fingerprint density at radius 2 is 1.91 bits per heavy atom. The van der Waals surface area contributed by atoms with Crippen molar-refractivity contribution in [3.8, 4) is 11.4 Å². The standard InChI is InChI=1S/C24H25N5O4.C2H6/c1-11-4-14-16(8-28(26)7-13(3)25)17-9-29-20(21(17)27-19(14)5-12(11)2)6-15-18(23(29)31)10-33-24(32)22(15)30;1-2/h4-7,22,30H,8-10,25-26H2,1-3H3;1-2H3/b13-7-;. The number of allylic oxidation sites excluding steroid dienone is 1. The normalized spacial score (nSPS) is 16.1. The van der Waals surface area contributed by atoms with Crippen molar-refractivity contribution in [2.75, 3.05) is 0 Å². The molecular formula is C26H31N5O4. The van der Waals surface area contributed by atoms with Gasteiger partial charge in [-0.25, -0.2) is 15.6 Å². The van der Waals surface area contributed by atoms with Crippen LogP contribution in [0.5, 0.6) is 0 Å². The van der Waals surface area contributed by atoms with Crippen LogP contribution in [-0.2, 0) is 29.2 Å². The van der Waals surface area contributed by atoms with Gasteiger partial charge < -0.3 is 25.2 Å². The van der Waals surface area contributed by atoms with Gasteiger partial charge >= 0.3 is 5.97 Å². The molecule has 0 aliphatic carbocycles. The Bertz CT molecular complexity index is 1440. The molecule has 5 N–H and O–H groups in total. The maximum absolute atomic E-state index is 13.3. The van der Waals surface area contributed by atoms with Gasteiger partial charge in [0.1, 0.15) is 6.61 Å². The highest BCUT2D eigenvalue weighted by Gasteiger charge is 2.34. The van der Waals surface area contributed by atoms with E-state index in [0.29, 0.717) is 35.7 Å². The van der Waals surface area contributed by atoms with E-state index in [0.717, 1.165) is 33.2 Å². The van der Waals surface area contributed by atoms with Crippen LogP contribution in [0.3, 0.4) is 0 Å². The molecule has 2 aromatic heterocycles. The van der Waals surface area contributed by atoms with Crippen LogP contribution >= 0.6 is 0 Å². The minimum atomic E-state index is -1.49. The molecule has 0 saturated heterocycles. The molecule has 184 valence electrons. The largest absolute Gasteiger partial charge is 0.458 e. The van der Waals surface area contributed by atoms with E-state index in [4.69, 9.17) is 21.3 Å². The average Bonchev–Trinajstić information content (AvgIpc) is 3.17. The summed E-state index contributed by atoms with van der Waals surface area (Å²) in [6, 6.07) is 5.79. The highest BCUT2D eigenvalue weighted by atomic mass is 16.5. The molecule has 35 heavy (non-hydrogen) atoms. The number of aryl methyl sites for hydroxylation is 2. The second-order valence-corrected chi connectivity index (χ2v) is 8.78. The average molecular weight is 478 g/mol. The van der Waals surface area contributed by atoms with Gasteiger partial charge in [-0.15, -0.1) is 0 Å². The van der Waals surface area contributed by atoms with Crippen LogP contribution in [0.2, 0.25) is 0 Å². The lowest BCUT2D eigenvalue weighted by molar-refractivity contribution is -0.157. The number of pyridine rings is 2. The van der Waals surface area contributed by atoms with E-state index < -0.39 is 12.1 Å². The third kappa shape index (κ3) is 4.06. The number of aromatic nitrogens is 2. The number of fused-ring (bicyclic) bond motifs is 5. The Kier molecular flexibility index (Phi) is 6.40. The van der Waals surface area contributed by atoms with Crippen LogP contribution in [-0.4, -0.2) is 25.6 Å². The van der Waals surface area contributed by atoms with E-state index in [-0.39, 0.29) is 17.7 Å². The van der Waals surface area contributed by atoms with E-state index in [1.807, 2.05) is 33.8 Å². The number of nitrogens with zero attached hydrogens (tertiary/aromatic N) is 3. The number of hydrogen-bond donors (Lipinski definition) is 3. The first-order chi connectivity index (χ1) is 16.7. The summed E-state index contributed by atoms with van der Waals surface area (Å²) < 4.78 is 6.60. The molecule has 1 unspecified atom stereocenters. The lowest BCUT2D eigenvalue weighted by Crippen LogP contribution is -2.32. The zero-order valence-electron chi connectivity index (χ0n) is 20.7. The zero-order chi connectivity index (χ0) is 25.6. The monoisotopic (exact) mass is 477 g/mol. The quantitative estimate of drug-likeness (QED) is 0.233. The molecule has 1 aromatic carbocycles. The number of nitrogens with two attached hydrogens (primary N) is 2. The molecule has 2 aliphatic heterocycles. The maximum Gasteiger partial charge on any atom is 0.340 e. The van der Waals surface area contributed by atoms with E-state index in [2.05, 4.69) is 6.07 Å². The highest BCUT2D eigenvalue weighted by Crippen LogP contribution is 2.38. The molecule has 4 heterocycles. The van der Waals surface area contributed by atoms with Crippen molar-refractivity contribution in [1.29, 1.82) is 0 Å². The number of carbonyl (C=O) groups excluding carboxylic acids is 1. The molecule has 0 fully saturated rings. The molecule has 1 atom stereocenters. The molecule has 0 bridgehead atoms. The van der Waals surface area contributed by atoms with Gasteiger partial charge in [-0.2, -0.15) is 0 Å². The first kappa shape index (κ1) is 24.4. The van der Waals surface area contributed by atoms with E-state index >= 15 is 0 Å². The minimum Gasteiger partial charge on any atom is -0.458 e. The lowest BCUT2D eigenvalue weighted by atomic mass is 9.96. The molecule has 3 aromatic rings. The smallest absolute Gasteiger partial charge is 0.340 e. The lowest BCUT2D eigenvalue weighted by Gasteiger charge is -2.21. The fourth-order valence-electron chi connectivity index (χ4n) is 4.64. The van der Waals surface area contributed by atoms with Gasteiger partial charge in [-0.3, -0.25) is 4.79 Å². The molecule has 0 spiro atoms. The van der Waals surface area contributed by atoms with Gasteiger partial charge in [0.2, 0.25) is 0 Å². The summed E-state index contributed by atoms with van der Waals surface area (Å²) in [5.74, 6) is 5.47. The Labute approximate surface area is 203 Å². The summed E-state index contributed by atoms with van der Waals surface area (Å²) in [5, 5.41) is 12.8. The van der Waals surface area contributed by atoms with Gasteiger partial charge in [0.25, 0.3) is 5.56 Å². The molecule has 0 amide bonds. The summed E-state index contributed by atoms with van der Waals surface area (Å²) in [6.45, 7) is 10.4. The van der Waals surface area contributed by atoms with Crippen molar-refractivity contribution in [3.63, 3.8) is 0 Å². The van der Waals surface area contributed by atoms with Crippen LogP contribution in [0.1, 0.15) is 60.3 Å². The van der Waals surface area contributed by atoms with Crippen molar-refractivity contribution in [1.82, 2.24) is 14.6 Å². The fourth-order valence-corrected chi connectivity index (χ4v) is 4.64. The number of benzene rings is 1. The summed E-state index contributed by atoms with van der Waals surface area (Å²) in [7, 11) is 0. The predicted octanol–water partition coefficient (Wildman–Crippen LogP) is 2.65. The van der Waals surface area contributed by atoms with Crippen LogP contribution in [0.25, 0.3) is 22.3 Å². The summed E-state index contributed by atoms with van der Waals surface area (Å²) in [6.07, 6.45) is 0.171. The van der Waals surface area contributed by atoms with Crippen LogP contribution < -0.4 is 17.1 Å². The molecular weight excluding hydrogens is 446 g/mol. The minimum absolute atomic E-state index is 0.154. The van der Waals surface area contributed by atoms with E-state index in [1.165, 1.54) is 5.01 Å². The molecule has 0 radical (unpaired) electrons. The molecule has 9 nitrogen and oxygen atoms in total. The summed E-state index contributed by atoms with van der Waals surface area (Å²) >= 11 is 0. The topological polar surface area (TPSA) is 137 Å². The highest BCUT2D eigenvalue weighted by molar-refractivity contribution is 5.89. The van der Waals surface area contributed by atoms with Crippen molar-refractivity contribution in [2.45, 2.75) is 60.4 Å². The number of hydrazine groups is 1. The Morgan fingerprint density at radius 3 is 2.60 bits per heavy atom. The third-order valence-electron chi connectivity index (χ3n) is 6.40. The number of cyclic esters (lactones) is 1. The Hall–Kier alpha value is -3.69. The predicted molar refractivity (Wildman–Crippen MR) is 134 cm³/mol. The molecule has 5 rings (SSSR count). The zero-order valence-corrected chi connectivity index (χ0v) is 20.7. The summed E-state index contributed by atoms with van der Waals surface area (Å²) in [4.78, 5) is 30.1. The Balaban J connectivity index is 0.00000141. The fraction of sp³-hybridized carbons (Fsp3) is 0.346. The maximum atomic E-state index is 13.3. The van der Waals surface area contributed by atoms with Crippen LogP contribution in [0.4, 0.5) is 0 Å². The van der Waals surface area contributed by atoms with Crippen LogP contribution in [0.15, 0.2) is 34.9 Å². The van der Waals surface area contributed by atoms with Gasteiger partial charge in [0.05, 0.1) is 35.6 Å². The molecule has 9 heteroatoms. The first-order valence-electron chi connectivity index (χ1n) is 11.6. The van der Waals surface area contributed by atoms with E-state index in [9.17, 15) is 14.7 Å². The van der Waals surface area contributed by atoms with E-state index in [1.54, 1.807) is 23.8 Å². The number of hydrogen-bond acceptors (Lipinski definition) is 8. The number of aliphatic hydroxyl groups is 1. The second kappa shape index (κ2) is 9.16. The van der Waals surface area contributed by atoms with Crippen molar-refractivity contribution >= 4 is 16.9 Å². The van der Waals surface area contributed by atoms with Gasteiger partial charge in [-0.05, 0) is 55.7 Å². The number of ether oxygens (including phenoxy) is 1. The number of esters is 1. The number of rotatable bonds is 3. The Morgan fingerprint density at radius 1 is 1.23 bits per heavy atom.